The molecular formula is C14H24N2O2. The largest absolute Gasteiger partial charge is 0.495 e. The van der Waals surface area contributed by atoms with Crippen molar-refractivity contribution in [1.82, 2.24) is 0 Å². The summed E-state index contributed by atoms with van der Waals surface area (Å²) in [4.78, 5) is 2.31. The van der Waals surface area contributed by atoms with Crippen LogP contribution in [0.2, 0.25) is 0 Å². The fraction of sp³-hybridized carbons (Fsp3) is 0.571. The summed E-state index contributed by atoms with van der Waals surface area (Å²) in [5, 5.41) is 0. The zero-order valence-corrected chi connectivity index (χ0v) is 11.8. The number of nitrogens with zero attached hydrogens (tertiary/aromatic N) is 1. The lowest BCUT2D eigenvalue weighted by Gasteiger charge is -2.31. The van der Waals surface area contributed by atoms with Gasteiger partial charge >= 0.3 is 0 Å². The van der Waals surface area contributed by atoms with Gasteiger partial charge in [-0.05, 0) is 25.5 Å². The van der Waals surface area contributed by atoms with Gasteiger partial charge in [-0.15, -0.1) is 0 Å². The molecule has 0 heterocycles. The van der Waals surface area contributed by atoms with Gasteiger partial charge in [0.05, 0.1) is 19.4 Å². The van der Waals surface area contributed by atoms with E-state index in [2.05, 4.69) is 18.7 Å². The molecule has 1 aromatic carbocycles. The van der Waals surface area contributed by atoms with Gasteiger partial charge in [-0.25, -0.2) is 0 Å². The molecule has 0 aliphatic heterocycles. The molecule has 0 saturated carbocycles. The molecule has 4 nitrogen and oxygen atoms in total. The van der Waals surface area contributed by atoms with Gasteiger partial charge in [0.25, 0.3) is 0 Å². The lowest BCUT2D eigenvalue weighted by atomic mass is 10.1. The summed E-state index contributed by atoms with van der Waals surface area (Å²) in [7, 11) is 3.36. The number of anilines is 2. The standard InChI is InChI=1S/C14H24N2O2/c1-5-11(2)16(8-9-17-3)12-6-7-13(15)14(10-12)18-4/h6-7,10-11H,5,8-9,15H2,1-4H3. The van der Waals surface area contributed by atoms with Crippen LogP contribution in [0.5, 0.6) is 5.75 Å². The predicted octanol–water partition coefficient (Wildman–Crippen LogP) is 2.53. The first-order valence-electron chi connectivity index (χ1n) is 6.33. The van der Waals surface area contributed by atoms with Crippen LogP contribution in [0.3, 0.4) is 0 Å². The molecule has 1 aromatic rings. The molecule has 2 N–H and O–H groups in total. The molecule has 4 heteroatoms. The third-order valence-electron chi connectivity index (χ3n) is 3.21. The first kappa shape index (κ1) is 14.6. The molecule has 1 unspecified atom stereocenters. The van der Waals surface area contributed by atoms with Gasteiger partial charge in [0, 0.05) is 31.5 Å². The Bertz CT molecular complexity index is 369. The molecule has 1 atom stereocenters. The van der Waals surface area contributed by atoms with Crippen molar-refractivity contribution >= 4 is 11.4 Å². The van der Waals surface area contributed by atoms with Crippen LogP contribution in [-0.2, 0) is 4.74 Å². The highest BCUT2D eigenvalue weighted by Crippen LogP contribution is 2.28. The Kier molecular flexibility index (Phi) is 5.78. The van der Waals surface area contributed by atoms with Crippen molar-refractivity contribution in [2.75, 3.05) is 38.0 Å². The maximum atomic E-state index is 5.84. The summed E-state index contributed by atoms with van der Waals surface area (Å²) in [5.41, 5.74) is 7.62. The molecule has 1 rings (SSSR count). The van der Waals surface area contributed by atoms with Gasteiger partial charge in [-0.3, -0.25) is 0 Å². The van der Waals surface area contributed by atoms with E-state index < -0.39 is 0 Å². The summed E-state index contributed by atoms with van der Waals surface area (Å²) in [5.74, 6) is 0.721. The maximum Gasteiger partial charge on any atom is 0.143 e. The minimum atomic E-state index is 0.452. The fourth-order valence-corrected chi connectivity index (χ4v) is 1.89. The Morgan fingerprint density at radius 2 is 2.06 bits per heavy atom. The van der Waals surface area contributed by atoms with Crippen molar-refractivity contribution in [3.05, 3.63) is 18.2 Å². The van der Waals surface area contributed by atoms with Crippen LogP contribution in [0.15, 0.2) is 18.2 Å². The van der Waals surface area contributed by atoms with Crippen molar-refractivity contribution < 1.29 is 9.47 Å². The molecule has 0 aliphatic carbocycles. The number of ether oxygens (including phenoxy) is 2. The quantitative estimate of drug-likeness (QED) is 0.758. The van der Waals surface area contributed by atoms with Crippen LogP contribution in [0, 0.1) is 0 Å². The minimum Gasteiger partial charge on any atom is -0.495 e. The molecule has 0 radical (unpaired) electrons. The second-order valence-corrected chi connectivity index (χ2v) is 4.37. The topological polar surface area (TPSA) is 47.7 Å². The number of methoxy groups -OCH3 is 2. The molecular weight excluding hydrogens is 228 g/mol. The summed E-state index contributed by atoms with van der Waals surface area (Å²) in [6.45, 7) is 5.95. The van der Waals surface area contributed by atoms with E-state index in [1.165, 1.54) is 0 Å². The summed E-state index contributed by atoms with van der Waals surface area (Å²) in [6, 6.07) is 6.35. The SMILES string of the molecule is CCC(C)N(CCOC)c1ccc(N)c(OC)c1. The van der Waals surface area contributed by atoms with E-state index in [-0.39, 0.29) is 0 Å². The molecule has 102 valence electrons. The van der Waals surface area contributed by atoms with Gasteiger partial charge in [0.15, 0.2) is 0 Å². The smallest absolute Gasteiger partial charge is 0.143 e. The van der Waals surface area contributed by atoms with E-state index in [1.54, 1.807) is 14.2 Å². The normalized spacial score (nSPS) is 12.2. The molecule has 0 fully saturated rings. The Morgan fingerprint density at radius 3 is 2.61 bits per heavy atom. The van der Waals surface area contributed by atoms with E-state index in [9.17, 15) is 0 Å². The zero-order chi connectivity index (χ0) is 13.5. The summed E-state index contributed by atoms with van der Waals surface area (Å²) >= 11 is 0. The number of nitrogen functional groups attached to an aromatic ring is 1. The number of benzene rings is 1. The van der Waals surface area contributed by atoms with Crippen LogP contribution in [0.25, 0.3) is 0 Å². The van der Waals surface area contributed by atoms with Crippen molar-refractivity contribution in [3.63, 3.8) is 0 Å². The van der Waals surface area contributed by atoms with E-state index in [0.717, 1.165) is 24.4 Å². The molecule has 0 aliphatic rings. The monoisotopic (exact) mass is 252 g/mol. The van der Waals surface area contributed by atoms with Gasteiger partial charge in [0.2, 0.25) is 0 Å². The average Bonchev–Trinajstić information content (AvgIpc) is 2.40. The molecule has 0 amide bonds. The summed E-state index contributed by atoms with van der Waals surface area (Å²) in [6.07, 6.45) is 1.08. The number of nitrogens with two attached hydrogens (primary N) is 1. The Balaban J connectivity index is 2.96. The van der Waals surface area contributed by atoms with Crippen molar-refractivity contribution in [2.45, 2.75) is 26.3 Å². The second-order valence-electron chi connectivity index (χ2n) is 4.37. The van der Waals surface area contributed by atoms with Gasteiger partial charge in [-0.1, -0.05) is 6.92 Å². The predicted molar refractivity (Wildman–Crippen MR) is 76.4 cm³/mol. The highest BCUT2D eigenvalue weighted by Gasteiger charge is 2.14. The Hall–Kier alpha value is -1.42. The van der Waals surface area contributed by atoms with E-state index in [0.29, 0.717) is 18.3 Å². The van der Waals surface area contributed by atoms with Crippen molar-refractivity contribution in [3.8, 4) is 5.75 Å². The molecule has 0 spiro atoms. The van der Waals surface area contributed by atoms with Gasteiger partial charge in [-0.2, -0.15) is 0 Å². The molecule has 0 bridgehead atoms. The maximum absolute atomic E-state index is 5.84. The van der Waals surface area contributed by atoms with E-state index >= 15 is 0 Å². The van der Waals surface area contributed by atoms with Gasteiger partial charge < -0.3 is 20.1 Å². The van der Waals surface area contributed by atoms with E-state index in [4.69, 9.17) is 15.2 Å². The lowest BCUT2D eigenvalue weighted by Crippen LogP contribution is -2.35. The highest BCUT2D eigenvalue weighted by molar-refractivity contribution is 5.62. The highest BCUT2D eigenvalue weighted by atomic mass is 16.5. The number of hydrogen-bond donors (Lipinski definition) is 1. The van der Waals surface area contributed by atoms with Crippen LogP contribution in [0.4, 0.5) is 11.4 Å². The molecule has 18 heavy (non-hydrogen) atoms. The van der Waals surface area contributed by atoms with Crippen LogP contribution in [0.1, 0.15) is 20.3 Å². The third kappa shape index (κ3) is 3.53. The third-order valence-corrected chi connectivity index (χ3v) is 3.21. The van der Waals surface area contributed by atoms with Gasteiger partial charge in [0.1, 0.15) is 5.75 Å². The van der Waals surface area contributed by atoms with Crippen molar-refractivity contribution in [2.24, 2.45) is 0 Å². The minimum absolute atomic E-state index is 0.452. The average molecular weight is 252 g/mol. The number of hydrogen-bond acceptors (Lipinski definition) is 4. The first-order chi connectivity index (χ1) is 8.63. The zero-order valence-electron chi connectivity index (χ0n) is 11.8. The number of rotatable bonds is 7. The van der Waals surface area contributed by atoms with Crippen LogP contribution in [-0.4, -0.2) is 33.4 Å². The Labute approximate surface area is 110 Å². The molecule has 0 aromatic heterocycles. The molecule has 0 saturated heterocycles. The lowest BCUT2D eigenvalue weighted by molar-refractivity contribution is 0.203. The van der Waals surface area contributed by atoms with Crippen molar-refractivity contribution in [1.29, 1.82) is 0 Å². The Morgan fingerprint density at radius 1 is 1.33 bits per heavy atom. The van der Waals surface area contributed by atoms with E-state index in [1.807, 2.05) is 18.2 Å². The van der Waals surface area contributed by atoms with Crippen LogP contribution < -0.4 is 15.4 Å². The fourth-order valence-electron chi connectivity index (χ4n) is 1.89. The first-order valence-corrected chi connectivity index (χ1v) is 6.33. The van der Waals surface area contributed by atoms with Crippen LogP contribution >= 0.6 is 0 Å². The second kappa shape index (κ2) is 7.11. The summed E-state index contributed by atoms with van der Waals surface area (Å²) < 4.78 is 10.4.